The number of nitriles is 1. The van der Waals surface area contributed by atoms with Crippen molar-refractivity contribution in [3.63, 3.8) is 0 Å². The lowest BCUT2D eigenvalue weighted by molar-refractivity contribution is 0.399. The number of rotatable bonds is 5. The van der Waals surface area contributed by atoms with Crippen LogP contribution in [0.25, 0.3) is 0 Å². The Kier molecular flexibility index (Phi) is 4.91. The Balaban J connectivity index is 2.13. The molecule has 108 valence electrons. The van der Waals surface area contributed by atoms with Crippen molar-refractivity contribution in [2.75, 3.05) is 32.0 Å². The molecule has 1 aromatic heterocycles. The van der Waals surface area contributed by atoms with Gasteiger partial charge in [-0.05, 0) is 44.3 Å². The molecule has 1 atom stereocenters. The molecule has 1 aliphatic rings. The predicted molar refractivity (Wildman–Crippen MR) is 79.6 cm³/mol. The topological polar surface area (TPSA) is 64.8 Å². The lowest BCUT2D eigenvalue weighted by Gasteiger charge is -2.15. The summed E-state index contributed by atoms with van der Waals surface area (Å²) >= 11 is 0. The third kappa shape index (κ3) is 3.07. The molecule has 0 saturated carbocycles. The molecular formula is C15H23N5. The molecule has 0 aromatic carbocycles. The highest BCUT2D eigenvalue weighted by Crippen LogP contribution is 2.21. The van der Waals surface area contributed by atoms with Gasteiger partial charge in [-0.1, -0.05) is 13.8 Å². The van der Waals surface area contributed by atoms with E-state index in [2.05, 4.69) is 40.5 Å². The van der Waals surface area contributed by atoms with Crippen molar-refractivity contribution in [3.05, 3.63) is 16.8 Å². The molecule has 0 amide bonds. The molecule has 1 saturated heterocycles. The minimum atomic E-state index is 0.629. The Morgan fingerprint density at radius 1 is 1.35 bits per heavy atom. The number of hydrogen-bond acceptors (Lipinski definition) is 5. The Morgan fingerprint density at radius 2 is 2.15 bits per heavy atom. The molecule has 1 fully saturated rings. The quantitative estimate of drug-likeness (QED) is 0.886. The zero-order valence-electron chi connectivity index (χ0n) is 12.6. The highest BCUT2D eigenvalue weighted by atomic mass is 15.2. The van der Waals surface area contributed by atoms with E-state index in [1.54, 1.807) is 0 Å². The van der Waals surface area contributed by atoms with Crippen LogP contribution in [0.15, 0.2) is 0 Å². The predicted octanol–water partition coefficient (Wildman–Crippen LogP) is 1.84. The maximum absolute atomic E-state index is 9.42. The molecule has 20 heavy (non-hydrogen) atoms. The zero-order valence-corrected chi connectivity index (χ0v) is 12.6. The summed E-state index contributed by atoms with van der Waals surface area (Å²) in [6, 6.07) is 2.30. The van der Waals surface area contributed by atoms with Crippen LogP contribution in [-0.2, 0) is 12.8 Å². The van der Waals surface area contributed by atoms with E-state index in [-0.39, 0.29) is 0 Å². The van der Waals surface area contributed by atoms with Crippen molar-refractivity contribution in [3.8, 4) is 6.07 Å². The molecular weight excluding hydrogens is 250 g/mol. The van der Waals surface area contributed by atoms with E-state index in [9.17, 15) is 5.26 Å². The van der Waals surface area contributed by atoms with Gasteiger partial charge >= 0.3 is 0 Å². The summed E-state index contributed by atoms with van der Waals surface area (Å²) in [7, 11) is 2.14. The summed E-state index contributed by atoms with van der Waals surface area (Å²) in [4.78, 5) is 2.33. The SMILES string of the molecule is CCc1nnc(NCC2CCN(C)C2)c(C#N)c1CC. The van der Waals surface area contributed by atoms with Crippen LogP contribution in [-0.4, -0.2) is 41.8 Å². The molecule has 2 heterocycles. The van der Waals surface area contributed by atoms with Crippen LogP contribution in [0.1, 0.15) is 37.1 Å². The molecule has 1 N–H and O–H groups in total. The number of anilines is 1. The summed E-state index contributed by atoms with van der Waals surface area (Å²) in [5.41, 5.74) is 2.65. The summed E-state index contributed by atoms with van der Waals surface area (Å²) in [6.45, 7) is 7.23. The van der Waals surface area contributed by atoms with Gasteiger partial charge in [0.2, 0.25) is 0 Å². The molecule has 5 nitrogen and oxygen atoms in total. The molecule has 0 aliphatic carbocycles. The van der Waals surface area contributed by atoms with Crippen LogP contribution in [0.3, 0.4) is 0 Å². The Morgan fingerprint density at radius 3 is 2.70 bits per heavy atom. The Hall–Kier alpha value is -1.67. The molecule has 1 aliphatic heterocycles. The van der Waals surface area contributed by atoms with Crippen LogP contribution in [0.2, 0.25) is 0 Å². The summed E-state index contributed by atoms with van der Waals surface area (Å²) in [5.74, 6) is 1.28. The van der Waals surface area contributed by atoms with Gasteiger partial charge in [0.15, 0.2) is 5.82 Å². The summed E-state index contributed by atoms with van der Waals surface area (Å²) in [5, 5.41) is 21.2. The summed E-state index contributed by atoms with van der Waals surface area (Å²) in [6.07, 6.45) is 2.84. The second-order valence-corrected chi connectivity index (χ2v) is 5.47. The smallest absolute Gasteiger partial charge is 0.166 e. The highest BCUT2D eigenvalue weighted by Gasteiger charge is 2.20. The van der Waals surface area contributed by atoms with Crippen LogP contribution in [0.4, 0.5) is 5.82 Å². The number of nitrogens with zero attached hydrogens (tertiary/aromatic N) is 4. The van der Waals surface area contributed by atoms with E-state index in [1.165, 1.54) is 6.42 Å². The average Bonchev–Trinajstić information content (AvgIpc) is 2.89. The molecule has 0 spiro atoms. The van der Waals surface area contributed by atoms with Gasteiger partial charge in [-0.25, -0.2) is 0 Å². The number of aryl methyl sites for hydroxylation is 1. The minimum absolute atomic E-state index is 0.629. The van der Waals surface area contributed by atoms with Gasteiger partial charge in [-0.2, -0.15) is 10.4 Å². The Bertz CT molecular complexity index is 506. The number of aromatic nitrogens is 2. The third-order valence-electron chi connectivity index (χ3n) is 4.01. The van der Waals surface area contributed by atoms with E-state index in [1.807, 2.05) is 6.92 Å². The number of hydrogen-bond donors (Lipinski definition) is 1. The van der Waals surface area contributed by atoms with Crippen molar-refractivity contribution >= 4 is 5.82 Å². The van der Waals surface area contributed by atoms with E-state index in [0.29, 0.717) is 17.3 Å². The molecule has 0 bridgehead atoms. The molecule has 1 unspecified atom stereocenters. The van der Waals surface area contributed by atoms with Gasteiger partial charge in [0.05, 0.1) is 5.69 Å². The molecule has 2 rings (SSSR count). The largest absolute Gasteiger partial charge is 0.367 e. The lowest BCUT2D eigenvalue weighted by Crippen LogP contribution is -2.20. The Labute approximate surface area is 121 Å². The van der Waals surface area contributed by atoms with Gasteiger partial charge < -0.3 is 10.2 Å². The number of likely N-dealkylation sites (tertiary alicyclic amines) is 1. The first-order chi connectivity index (χ1) is 9.69. The first-order valence-corrected chi connectivity index (χ1v) is 7.40. The lowest BCUT2D eigenvalue weighted by atomic mass is 10.0. The standard InChI is InChI=1S/C15H23N5/c1-4-12-13(8-16)15(19-18-14(12)5-2)17-9-11-6-7-20(3)10-11/h11H,4-7,9-10H2,1-3H3,(H,17,19). The molecule has 5 heteroatoms. The van der Waals surface area contributed by atoms with Gasteiger partial charge in [0.25, 0.3) is 0 Å². The highest BCUT2D eigenvalue weighted by molar-refractivity contribution is 5.56. The fraction of sp³-hybridized carbons (Fsp3) is 0.667. The van der Waals surface area contributed by atoms with Crippen LogP contribution in [0, 0.1) is 17.2 Å². The molecule has 1 aromatic rings. The van der Waals surface area contributed by atoms with Gasteiger partial charge in [0, 0.05) is 13.1 Å². The third-order valence-corrected chi connectivity index (χ3v) is 4.01. The maximum atomic E-state index is 9.42. The monoisotopic (exact) mass is 273 g/mol. The number of nitrogens with one attached hydrogen (secondary N) is 1. The van der Waals surface area contributed by atoms with Crippen LogP contribution in [0.5, 0.6) is 0 Å². The zero-order chi connectivity index (χ0) is 14.5. The second kappa shape index (κ2) is 6.67. The van der Waals surface area contributed by atoms with Crippen molar-refractivity contribution in [2.24, 2.45) is 5.92 Å². The van der Waals surface area contributed by atoms with Crippen LogP contribution < -0.4 is 5.32 Å². The van der Waals surface area contributed by atoms with Gasteiger partial charge in [-0.15, -0.1) is 5.10 Å². The normalized spacial score (nSPS) is 19.0. The van der Waals surface area contributed by atoms with E-state index < -0.39 is 0 Å². The van der Waals surface area contributed by atoms with Gasteiger partial charge in [-0.3, -0.25) is 0 Å². The fourth-order valence-corrected chi connectivity index (χ4v) is 2.85. The first kappa shape index (κ1) is 14.7. The van der Waals surface area contributed by atoms with E-state index in [0.717, 1.165) is 43.7 Å². The minimum Gasteiger partial charge on any atom is -0.367 e. The van der Waals surface area contributed by atoms with Crippen molar-refractivity contribution in [1.82, 2.24) is 15.1 Å². The van der Waals surface area contributed by atoms with Gasteiger partial charge in [0.1, 0.15) is 11.6 Å². The fourth-order valence-electron chi connectivity index (χ4n) is 2.85. The second-order valence-electron chi connectivity index (χ2n) is 5.47. The summed E-state index contributed by atoms with van der Waals surface area (Å²) < 4.78 is 0. The van der Waals surface area contributed by atoms with Crippen LogP contribution >= 0.6 is 0 Å². The average molecular weight is 273 g/mol. The van der Waals surface area contributed by atoms with Crippen molar-refractivity contribution in [2.45, 2.75) is 33.1 Å². The maximum Gasteiger partial charge on any atom is 0.166 e. The van der Waals surface area contributed by atoms with E-state index >= 15 is 0 Å². The van der Waals surface area contributed by atoms with E-state index in [4.69, 9.17) is 0 Å². The first-order valence-electron chi connectivity index (χ1n) is 7.40. The van der Waals surface area contributed by atoms with Crippen molar-refractivity contribution in [1.29, 1.82) is 5.26 Å². The van der Waals surface area contributed by atoms with Crippen molar-refractivity contribution < 1.29 is 0 Å². The molecule has 0 radical (unpaired) electrons.